The summed E-state index contributed by atoms with van der Waals surface area (Å²) in [6, 6.07) is 8.09. The number of piperidine rings is 1. The second-order valence-corrected chi connectivity index (χ2v) is 6.86. The molecule has 0 spiro atoms. The molecule has 0 aliphatic carbocycles. The first kappa shape index (κ1) is 15.5. The summed E-state index contributed by atoms with van der Waals surface area (Å²) < 4.78 is 5.31. The highest BCUT2D eigenvalue weighted by Crippen LogP contribution is 2.29. The summed E-state index contributed by atoms with van der Waals surface area (Å²) in [7, 11) is 0. The van der Waals surface area contributed by atoms with Gasteiger partial charge in [0.15, 0.2) is 11.4 Å². The molecule has 4 heterocycles. The number of aromatic nitrogens is 3. The molecule has 0 radical (unpaired) electrons. The third-order valence-corrected chi connectivity index (χ3v) is 4.80. The van der Waals surface area contributed by atoms with Crippen LogP contribution in [-0.2, 0) is 6.54 Å². The van der Waals surface area contributed by atoms with E-state index in [1.165, 1.54) is 0 Å². The van der Waals surface area contributed by atoms with Gasteiger partial charge in [-0.15, -0.1) is 0 Å². The Balaban J connectivity index is 1.42. The summed E-state index contributed by atoms with van der Waals surface area (Å²) >= 11 is 5.98. The Labute approximate surface area is 145 Å². The van der Waals surface area contributed by atoms with Gasteiger partial charge in [-0.2, -0.15) is 0 Å². The third-order valence-electron chi connectivity index (χ3n) is 4.59. The topological polar surface area (TPSA) is 55.1 Å². The Hall–Kier alpha value is -1.98. The lowest BCUT2D eigenvalue weighted by atomic mass is 9.93. The summed E-state index contributed by atoms with van der Waals surface area (Å²) in [5.74, 6) is 1.43. The molecule has 5 nitrogen and oxygen atoms in total. The van der Waals surface area contributed by atoms with Gasteiger partial charge in [-0.25, -0.2) is 9.97 Å². The van der Waals surface area contributed by atoms with Gasteiger partial charge < -0.3 is 4.52 Å². The first-order chi connectivity index (χ1) is 11.7. The SMILES string of the molecule is Cc1cc(CN2CCC(c3ccc4cc(Cl)cnc4n3)CC2)on1. The van der Waals surface area contributed by atoms with Crippen LogP contribution >= 0.6 is 11.6 Å². The van der Waals surface area contributed by atoms with Crippen LogP contribution in [0.4, 0.5) is 0 Å². The smallest absolute Gasteiger partial charge is 0.159 e. The van der Waals surface area contributed by atoms with Gasteiger partial charge >= 0.3 is 0 Å². The van der Waals surface area contributed by atoms with Gasteiger partial charge in [0.25, 0.3) is 0 Å². The molecule has 0 saturated carbocycles. The Morgan fingerprint density at radius 2 is 2.08 bits per heavy atom. The standard InChI is InChI=1S/C18H19ClN4O/c1-12-8-16(24-22-12)11-23-6-4-13(5-7-23)17-3-2-14-9-15(19)10-20-18(14)21-17/h2-3,8-10,13H,4-7,11H2,1H3. The Morgan fingerprint density at radius 1 is 1.25 bits per heavy atom. The molecule has 4 rings (SSSR count). The van der Waals surface area contributed by atoms with Crippen molar-refractivity contribution in [2.45, 2.75) is 32.2 Å². The Morgan fingerprint density at radius 3 is 2.83 bits per heavy atom. The zero-order chi connectivity index (χ0) is 16.5. The van der Waals surface area contributed by atoms with Gasteiger partial charge in [-0.1, -0.05) is 16.8 Å². The number of halogens is 1. The molecule has 0 atom stereocenters. The van der Waals surface area contributed by atoms with Gasteiger partial charge in [-0.05, 0) is 51.1 Å². The fourth-order valence-corrected chi connectivity index (χ4v) is 3.49. The lowest BCUT2D eigenvalue weighted by molar-refractivity contribution is 0.183. The van der Waals surface area contributed by atoms with Crippen LogP contribution < -0.4 is 0 Å². The number of hydrogen-bond acceptors (Lipinski definition) is 5. The van der Waals surface area contributed by atoms with E-state index in [9.17, 15) is 0 Å². The van der Waals surface area contributed by atoms with E-state index in [0.29, 0.717) is 10.9 Å². The lowest BCUT2D eigenvalue weighted by Gasteiger charge is -2.30. The second kappa shape index (κ2) is 6.49. The van der Waals surface area contributed by atoms with Crippen LogP contribution in [0.25, 0.3) is 11.0 Å². The molecule has 124 valence electrons. The quantitative estimate of drug-likeness (QED) is 0.721. The molecule has 3 aromatic rings. The van der Waals surface area contributed by atoms with Crippen molar-refractivity contribution in [2.24, 2.45) is 0 Å². The van der Waals surface area contributed by atoms with E-state index in [1.54, 1.807) is 6.20 Å². The summed E-state index contributed by atoms with van der Waals surface area (Å²) in [5.41, 5.74) is 2.84. The molecule has 0 N–H and O–H groups in total. The van der Waals surface area contributed by atoms with Crippen LogP contribution in [0, 0.1) is 6.92 Å². The molecule has 6 heteroatoms. The number of pyridine rings is 2. The third kappa shape index (κ3) is 3.28. The van der Waals surface area contributed by atoms with Crippen molar-refractivity contribution in [1.82, 2.24) is 20.0 Å². The number of hydrogen-bond donors (Lipinski definition) is 0. The highest BCUT2D eigenvalue weighted by molar-refractivity contribution is 6.31. The van der Waals surface area contributed by atoms with Crippen LogP contribution in [0.15, 0.2) is 35.0 Å². The molecule has 1 aliphatic heterocycles. The van der Waals surface area contributed by atoms with Crippen molar-refractivity contribution in [3.8, 4) is 0 Å². The zero-order valence-corrected chi connectivity index (χ0v) is 14.3. The minimum atomic E-state index is 0.486. The molecule has 1 aliphatic rings. The summed E-state index contributed by atoms with van der Waals surface area (Å²) in [6.07, 6.45) is 3.85. The maximum atomic E-state index is 5.98. The summed E-state index contributed by atoms with van der Waals surface area (Å²) in [4.78, 5) is 11.5. The van der Waals surface area contributed by atoms with Crippen molar-refractivity contribution in [2.75, 3.05) is 13.1 Å². The van der Waals surface area contributed by atoms with Crippen LogP contribution in [0.5, 0.6) is 0 Å². The lowest BCUT2D eigenvalue weighted by Crippen LogP contribution is -2.32. The van der Waals surface area contributed by atoms with E-state index >= 15 is 0 Å². The summed E-state index contributed by atoms with van der Waals surface area (Å²) in [6.45, 7) is 4.86. The molecule has 0 aromatic carbocycles. The van der Waals surface area contributed by atoms with Crippen LogP contribution in [-0.4, -0.2) is 33.1 Å². The van der Waals surface area contributed by atoms with Crippen molar-refractivity contribution in [3.63, 3.8) is 0 Å². The van der Waals surface area contributed by atoms with Gasteiger partial charge in [0.05, 0.1) is 17.3 Å². The highest BCUT2D eigenvalue weighted by Gasteiger charge is 2.22. The molecule has 0 bridgehead atoms. The van der Waals surface area contributed by atoms with Gasteiger partial charge in [0.2, 0.25) is 0 Å². The molecule has 0 unspecified atom stereocenters. The van der Waals surface area contributed by atoms with Crippen molar-refractivity contribution in [1.29, 1.82) is 0 Å². The number of fused-ring (bicyclic) bond motifs is 1. The van der Waals surface area contributed by atoms with E-state index < -0.39 is 0 Å². The number of nitrogens with zero attached hydrogens (tertiary/aromatic N) is 4. The number of rotatable bonds is 3. The van der Waals surface area contributed by atoms with E-state index in [4.69, 9.17) is 21.1 Å². The van der Waals surface area contributed by atoms with Crippen LogP contribution in [0.1, 0.15) is 35.9 Å². The van der Waals surface area contributed by atoms with E-state index in [-0.39, 0.29) is 0 Å². The Kier molecular flexibility index (Phi) is 4.21. The second-order valence-electron chi connectivity index (χ2n) is 6.42. The highest BCUT2D eigenvalue weighted by atomic mass is 35.5. The molecular weight excluding hydrogens is 324 g/mol. The van der Waals surface area contributed by atoms with Crippen LogP contribution in [0.2, 0.25) is 5.02 Å². The summed E-state index contributed by atoms with van der Waals surface area (Å²) in [5, 5.41) is 5.59. The maximum Gasteiger partial charge on any atom is 0.159 e. The first-order valence-corrected chi connectivity index (χ1v) is 8.62. The molecule has 3 aromatic heterocycles. The monoisotopic (exact) mass is 342 g/mol. The first-order valence-electron chi connectivity index (χ1n) is 8.24. The average molecular weight is 343 g/mol. The maximum absolute atomic E-state index is 5.98. The minimum Gasteiger partial charge on any atom is -0.360 e. The number of likely N-dealkylation sites (tertiary alicyclic amines) is 1. The van der Waals surface area contributed by atoms with Crippen molar-refractivity contribution >= 4 is 22.6 Å². The fourth-order valence-electron chi connectivity index (χ4n) is 3.32. The molecule has 0 amide bonds. The van der Waals surface area contributed by atoms with Gasteiger partial charge in [0.1, 0.15) is 0 Å². The average Bonchev–Trinajstić information content (AvgIpc) is 3.00. The van der Waals surface area contributed by atoms with Crippen molar-refractivity contribution < 1.29 is 4.52 Å². The fraction of sp³-hybridized carbons (Fsp3) is 0.389. The van der Waals surface area contributed by atoms with E-state index in [2.05, 4.69) is 27.2 Å². The van der Waals surface area contributed by atoms with Crippen LogP contribution in [0.3, 0.4) is 0 Å². The zero-order valence-electron chi connectivity index (χ0n) is 13.6. The molecule has 1 fully saturated rings. The minimum absolute atomic E-state index is 0.486. The van der Waals surface area contributed by atoms with E-state index in [1.807, 2.05) is 19.1 Å². The molecular formula is C18H19ClN4O. The van der Waals surface area contributed by atoms with Gasteiger partial charge in [0, 0.05) is 29.3 Å². The predicted octanol–water partition coefficient (Wildman–Crippen LogP) is 3.96. The van der Waals surface area contributed by atoms with E-state index in [0.717, 1.165) is 60.7 Å². The predicted molar refractivity (Wildman–Crippen MR) is 93.0 cm³/mol. The molecule has 24 heavy (non-hydrogen) atoms. The Bertz CT molecular complexity index is 855. The normalized spacial score (nSPS) is 16.8. The van der Waals surface area contributed by atoms with Gasteiger partial charge in [-0.3, -0.25) is 4.90 Å². The largest absolute Gasteiger partial charge is 0.360 e. The molecule has 1 saturated heterocycles. The van der Waals surface area contributed by atoms with Crippen molar-refractivity contribution in [3.05, 3.63) is 52.6 Å². The number of aryl methyl sites for hydroxylation is 1.